The smallest absolute Gasteiger partial charge is 0.328 e. The van der Waals surface area contributed by atoms with E-state index in [9.17, 15) is 32.7 Å². The normalized spacial score (nSPS) is 15.7. The van der Waals surface area contributed by atoms with E-state index in [0.717, 1.165) is 15.4 Å². The molecule has 0 saturated carbocycles. The maximum absolute atomic E-state index is 13.9. The van der Waals surface area contributed by atoms with Crippen LogP contribution < -0.4 is 10.1 Å². The first-order valence-corrected chi connectivity index (χ1v) is 17.0. The van der Waals surface area contributed by atoms with Crippen LogP contribution in [0, 0.1) is 11.8 Å². The van der Waals surface area contributed by atoms with Gasteiger partial charge in [-0.3, -0.25) is 19.3 Å². The van der Waals surface area contributed by atoms with Gasteiger partial charge in [-0.05, 0) is 48.1 Å². The Kier molecular flexibility index (Phi) is 12.9. The fourth-order valence-corrected chi connectivity index (χ4v) is 6.97. The molecule has 0 aliphatic carbocycles. The summed E-state index contributed by atoms with van der Waals surface area (Å²) in [5.41, 5.74) is 0.784. The summed E-state index contributed by atoms with van der Waals surface area (Å²) in [5.74, 6) is -1.69. The van der Waals surface area contributed by atoms with Gasteiger partial charge in [-0.15, -0.1) is 0 Å². The van der Waals surface area contributed by atoms with E-state index in [1.165, 1.54) is 42.5 Å². The van der Waals surface area contributed by atoms with Gasteiger partial charge in [0, 0.05) is 27.2 Å². The van der Waals surface area contributed by atoms with Crippen LogP contribution in [0.2, 0.25) is 0 Å². The predicted octanol–water partition coefficient (Wildman–Crippen LogP) is 1.81. The summed E-state index contributed by atoms with van der Waals surface area (Å²) in [6.45, 7) is 6.14. The highest BCUT2D eigenvalue weighted by Crippen LogP contribution is 2.23. The van der Waals surface area contributed by atoms with Crippen LogP contribution in [-0.2, 0) is 30.8 Å². The number of urea groups is 1. The molecule has 5 amide bonds. The van der Waals surface area contributed by atoms with Crippen molar-refractivity contribution >= 4 is 33.8 Å². The van der Waals surface area contributed by atoms with Crippen molar-refractivity contribution in [2.75, 3.05) is 47.4 Å². The van der Waals surface area contributed by atoms with Crippen LogP contribution in [0.5, 0.6) is 5.75 Å². The third kappa shape index (κ3) is 9.52. The highest BCUT2D eigenvalue weighted by molar-refractivity contribution is 7.89. The zero-order valence-electron chi connectivity index (χ0n) is 28.1. The second-order valence-corrected chi connectivity index (χ2v) is 14.6. The molecule has 14 heteroatoms. The third-order valence-corrected chi connectivity index (χ3v) is 9.70. The fourth-order valence-electron chi connectivity index (χ4n) is 5.34. The number of carbonyl (C=O) groups is 4. The number of hydrogen-bond donors (Lipinski definition) is 2. The van der Waals surface area contributed by atoms with Crippen molar-refractivity contribution in [3.63, 3.8) is 0 Å². The molecule has 1 aliphatic heterocycles. The van der Waals surface area contributed by atoms with E-state index in [0.29, 0.717) is 5.75 Å². The molecule has 47 heavy (non-hydrogen) atoms. The first-order chi connectivity index (χ1) is 22.1. The Morgan fingerprint density at radius 1 is 0.979 bits per heavy atom. The molecular formula is C33H47N5O8S. The fraction of sp³-hybridized carbons (Fsp3) is 0.515. The molecule has 3 atom stereocenters. The van der Waals surface area contributed by atoms with Crippen LogP contribution in [0.25, 0.3) is 0 Å². The van der Waals surface area contributed by atoms with Crippen LogP contribution in [-0.4, -0.2) is 122 Å². The molecule has 0 bridgehead atoms. The number of aliphatic hydroxyl groups is 1. The molecule has 1 aliphatic rings. The number of nitrogens with one attached hydrogen (secondary N) is 1. The molecule has 258 valence electrons. The summed E-state index contributed by atoms with van der Waals surface area (Å²) >= 11 is 0. The van der Waals surface area contributed by atoms with Crippen molar-refractivity contribution in [2.45, 2.75) is 57.2 Å². The molecule has 0 radical (unpaired) electrons. The topological polar surface area (TPSA) is 157 Å². The van der Waals surface area contributed by atoms with Crippen LogP contribution in [0.1, 0.15) is 33.3 Å². The van der Waals surface area contributed by atoms with Gasteiger partial charge >= 0.3 is 6.03 Å². The summed E-state index contributed by atoms with van der Waals surface area (Å²) in [5, 5.41) is 14.5. The van der Waals surface area contributed by atoms with Gasteiger partial charge in [0.05, 0.1) is 24.2 Å². The van der Waals surface area contributed by atoms with Gasteiger partial charge in [-0.25, -0.2) is 13.2 Å². The van der Waals surface area contributed by atoms with Crippen molar-refractivity contribution in [3.05, 3.63) is 60.2 Å². The predicted molar refractivity (Wildman–Crippen MR) is 176 cm³/mol. The second kappa shape index (κ2) is 16.2. The molecule has 0 unspecified atom stereocenters. The lowest BCUT2D eigenvalue weighted by Crippen LogP contribution is -2.57. The Bertz CT molecular complexity index is 1500. The van der Waals surface area contributed by atoms with E-state index in [1.807, 2.05) is 44.2 Å². The minimum Gasteiger partial charge on any atom is -0.497 e. The van der Waals surface area contributed by atoms with Gasteiger partial charge in [-0.1, -0.05) is 58.0 Å². The van der Waals surface area contributed by atoms with Gasteiger partial charge in [-0.2, -0.15) is 4.31 Å². The Morgan fingerprint density at radius 2 is 1.60 bits per heavy atom. The van der Waals surface area contributed by atoms with Crippen LogP contribution in [0.15, 0.2) is 59.5 Å². The Balaban J connectivity index is 1.91. The molecule has 2 aromatic rings. The number of rotatable bonds is 16. The number of benzene rings is 2. The summed E-state index contributed by atoms with van der Waals surface area (Å²) in [6, 6.07) is 12.3. The number of nitrogens with zero attached hydrogens (tertiary/aromatic N) is 4. The number of hydrogen-bond acceptors (Lipinski definition) is 8. The van der Waals surface area contributed by atoms with Gasteiger partial charge in [0.15, 0.2) is 0 Å². The molecule has 0 spiro atoms. The number of amides is 5. The third-order valence-electron chi connectivity index (χ3n) is 7.86. The van der Waals surface area contributed by atoms with E-state index in [2.05, 4.69) is 5.32 Å². The summed E-state index contributed by atoms with van der Waals surface area (Å²) in [4.78, 5) is 55.6. The average molecular weight is 674 g/mol. The monoisotopic (exact) mass is 673 g/mol. The van der Waals surface area contributed by atoms with E-state index >= 15 is 0 Å². The minimum atomic E-state index is -4.05. The average Bonchev–Trinajstić information content (AvgIpc) is 3.28. The second-order valence-electron chi connectivity index (χ2n) is 12.6. The van der Waals surface area contributed by atoms with Gasteiger partial charge < -0.3 is 25.0 Å². The van der Waals surface area contributed by atoms with Crippen molar-refractivity contribution in [3.8, 4) is 5.75 Å². The van der Waals surface area contributed by atoms with E-state index in [-0.39, 0.29) is 36.9 Å². The summed E-state index contributed by atoms with van der Waals surface area (Å²) in [7, 11) is 0.455. The zero-order chi connectivity index (χ0) is 35.1. The Hall–Kier alpha value is -4.01. The maximum atomic E-state index is 13.9. The summed E-state index contributed by atoms with van der Waals surface area (Å²) in [6.07, 6.45) is -1.20. The molecule has 13 nitrogen and oxygen atoms in total. The van der Waals surface area contributed by atoms with Crippen LogP contribution in [0.3, 0.4) is 0 Å². The van der Waals surface area contributed by atoms with Crippen LogP contribution >= 0.6 is 0 Å². The quantitative estimate of drug-likeness (QED) is 0.256. The molecule has 2 N–H and O–H groups in total. The lowest BCUT2D eigenvalue weighted by Gasteiger charge is -2.34. The number of aliphatic hydroxyl groups excluding tert-OH is 1. The van der Waals surface area contributed by atoms with Crippen molar-refractivity contribution in [2.24, 2.45) is 11.8 Å². The number of sulfonamides is 1. The SMILES string of the molecule is COc1ccc(S(=O)(=O)N(CC(C)C)C[C@@H](O)[C@H](Cc2ccccc2)NC(=O)[C@H](C(C)C)N2CC(=O)N(CC(=O)N(C)C)C2=O)cc1. The van der Waals surface area contributed by atoms with Gasteiger partial charge in [0.1, 0.15) is 24.9 Å². The highest BCUT2D eigenvalue weighted by Gasteiger charge is 2.45. The van der Waals surface area contributed by atoms with E-state index in [4.69, 9.17) is 4.74 Å². The largest absolute Gasteiger partial charge is 0.497 e. The molecule has 0 aromatic heterocycles. The number of imide groups is 1. The maximum Gasteiger partial charge on any atom is 0.328 e. The van der Waals surface area contributed by atoms with E-state index in [1.54, 1.807) is 26.0 Å². The van der Waals surface area contributed by atoms with Crippen LogP contribution in [0.4, 0.5) is 4.79 Å². The Morgan fingerprint density at radius 3 is 2.13 bits per heavy atom. The van der Waals surface area contributed by atoms with Gasteiger partial charge in [0.25, 0.3) is 5.91 Å². The van der Waals surface area contributed by atoms with Crippen molar-refractivity contribution in [1.29, 1.82) is 0 Å². The number of ether oxygens (including phenoxy) is 1. The number of carbonyl (C=O) groups excluding carboxylic acids is 4. The lowest BCUT2D eigenvalue weighted by atomic mass is 9.97. The summed E-state index contributed by atoms with van der Waals surface area (Å²) < 4.78 is 33.9. The minimum absolute atomic E-state index is 0.0317. The zero-order valence-corrected chi connectivity index (χ0v) is 28.9. The standard InChI is InChI=1S/C33H47N5O8S/c1-22(2)18-36(47(44,45)26-15-13-25(46-7)14-16-26)19-28(39)27(17-24-11-9-8-10-12-24)34-32(42)31(23(3)4)38-21-30(41)37(33(38)43)20-29(40)35(5)6/h8-16,22-23,27-28,31,39H,17-21H2,1-7H3,(H,34,42)/t27-,28+,31-/m0/s1. The van der Waals surface area contributed by atoms with Crippen molar-refractivity contribution in [1.82, 2.24) is 24.3 Å². The molecular weight excluding hydrogens is 626 g/mol. The Labute approximate surface area is 277 Å². The molecule has 1 fully saturated rings. The molecule has 1 saturated heterocycles. The first-order valence-electron chi connectivity index (χ1n) is 15.5. The molecule has 2 aromatic carbocycles. The highest BCUT2D eigenvalue weighted by atomic mass is 32.2. The van der Waals surface area contributed by atoms with Gasteiger partial charge in [0.2, 0.25) is 21.8 Å². The first kappa shape index (κ1) is 37.4. The molecule has 1 heterocycles. The van der Waals surface area contributed by atoms with E-state index < -0.39 is 64.4 Å². The number of methoxy groups -OCH3 is 1. The van der Waals surface area contributed by atoms with Crippen molar-refractivity contribution < 1.29 is 37.4 Å². The lowest BCUT2D eigenvalue weighted by molar-refractivity contribution is -0.134. The number of likely N-dealkylation sites (N-methyl/N-ethyl adjacent to an activating group) is 1. The molecule has 3 rings (SSSR count).